The molecule has 1 aromatic rings. The summed E-state index contributed by atoms with van der Waals surface area (Å²) < 4.78 is 0. The van der Waals surface area contributed by atoms with E-state index in [1.807, 2.05) is 12.3 Å². The number of nitrogens with one attached hydrogen (secondary N) is 1. The van der Waals surface area contributed by atoms with Crippen molar-refractivity contribution in [3.05, 3.63) is 24.3 Å². The van der Waals surface area contributed by atoms with Crippen molar-refractivity contribution in [2.45, 2.75) is 25.9 Å². The molecule has 2 aliphatic heterocycles. The van der Waals surface area contributed by atoms with Crippen molar-refractivity contribution in [3.8, 4) is 0 Å². The summed E-state index contributed by atoms with van der Waals surface area (Å²) in [6.45, 7) is 6.90. The van der Waals surface area contributed by atoms with Crippen LogP contribution in [0.15, 0.2) is 18.6 Å². The molecule has 0 saturated carbocycles. The van der Waals surface area contributed by atoms with E-state index < -0.39 is 0 Å². The summed E-state index contributed by atoms with van der Waals surface area (Å²) in [5.41, 5.74) is 1.14. The van der Waals surface area contributed by atoms with Crippen LogP contribution in [0.3, 0.4) is 0 Å². The highest BCUT2D eigenvalue weighted by atomic mass is 15.2. The summed E-state index contributed by atoms with van der Waals surface area (Å²) in [6, 6.07) is 2.75. The third-order valence-corrected chi connectivity index (χ3v) is 4.25. The largest absolute Gasteiger partial charge is 0.316 e. The molecule has 1 aromatic heterocycles. The van der Waals surface area contributed by atoms with Gasteiger partial charge in [-0.3, -0.25) is 4.90 Å². The lowest BCUT2D eigenvalue weighted by atomic mass is 9.93. The van der Waals surface area contributed by atoms with Crippen LogP contribution in [-0.2, 0) is 6.54 Å². The van der Waals surface area contributed by atoms with E-state index in [0.717, 1.165) is 30.1 Å². The third-order valence-electron chi connectivity index (χ3n) is 4.25. The van der Waals surface area contributed by atoms with Gasteiger partial charge in [-0.05, 0) is 37.4 Å². The Labute approximate surface area is 102 Å². The van der Waals surface area contributed by atoms with Crippen molar-refractivity contribution in [2.24, 2.45) is 11.8 Å². The molecule has 92 valence electrons. The molecule has 0 amide bonds. The minimum absolute atomic E-state index is 0.727. The van der Waals surface area contributed by atoms with Crippen LogP contribution in [-0.4, -0.2) is 40.5 Å². The first-order chi connectivity index (χ1) is 8.38. The van der Waals surface area contributed by atoms with Crippen LogP contribution in [0.5, 0.6) is 0 Å². The average Bonchev–Trinajstić information content (AvgIpc) is 2.90. The van der Waals surface area contributed by atoms with Crippen LogP contribution in [0.4, 0.5) is 0 Å². The third kappa shape index (κ3) is 2.07. The molecule has 0 radical (unpaired) electrons. The number of hydrogen-bond acceptors (Lipinski definition) is 4. The molecule has 3 rings (SSSR count). The second-order valence-corrected chi connectivity index (χ2v) is 5.19. The summed E-state index contributed by atoms with van der Waals surface area (Å²) in [6.07, 6.45) is 4.73. The highest BCUT2D eigenvalue weighted by Gasteiger charge is 2.42. The maximum absolute atomic E-state index is 4.34. The van der Waals surface area contributed by atoms with Gasteiger partial charge in [0.25, 0.3) is 0 Å². The first-order valence-corrected chi connectivity index (χ1v) is 6.58. The molecule has 0 spiro atoms. The molecule has 0 aliphatic carbocycles. The van der Waals surface area contributed by atoms with Crippen LogP contribution in [0.2, 0.25) is 0 Å². The fourth-order valence-corrected chi connectivity index (χ4v) is 3.47. The molecule has 3 heterocycles. The smallest absolute Gasteiger partial charge is 0.115 e. The first kappa shape index (κ1) is 11.1. The van der Waals surface area contributed by atoms with E-state index in [4.69, 9.17) is 0 Å². The van der Waals surface area contributed by atoms with Crippen molar-refractivity contribution in [2.75, 3.05) is 19.6 Å². The molecule has 4 nitrogen and oxygen atoms in total. The van der Waals surface area contributed by atoms with E-state index in [1.165, 1.54) is 26.1 Å². The van der Waals surface area contributed by atoms with Gasteiger partial charge in [-0.1, -0.05) is 6.92 Å². The molecule has 2 fully saturated rings. The number of hydrogen-bond donors (Lipinski definition) is 1. The van der Waals surface area contributed by atoms with Crippen LogP contribution in [0.1, 0.15) is 19.0 Å². The Kier molecular flexibility index (Phi) is 3.07. The highest BCUT2D eigenvalue weighted by Crippen LogP contribution is 2.34. The molecule has 4 heteroatoms. The second-order valence-electron chi connectivity index (χ2n) is 5.19. The number of rotatable bonds is 3. The molecule has 2 saturated heterocycles. The molecule has 2 aliphatic rings. The van der Waals surface area contributed by atoms with Gasteiger partial charge in [0, 0.05) is 25.3 Å². The van der Waals surface area contributed by atoms with Gasteiger partial charge in [0.15, 0.2) is 0 Å². The Morgan fingerprint density at radius 1 is 1.47 bits per heavy atom. The number of fused-ring (bicyclic) bond motifs is 1. The SMILES string of the molecule is CCC1C2CNCC2CN1Cc1ccncn1. The quantitative estimate of drug-likeness (QED) is 0.841. The zero-order valence-electron chi connectivity index (χ0n) is 10.3. The van der Waals surface area contributed by atoms with Crippen molar-refractivity contribution in [3.63, 3.8) is 0 Å². The van der Waals surface area contributed by atoms with Gasteiger partial charge in [0.2, 0.25) is 0 Å². The number of nitrogens with zero attached hydrogens (tertiary/aromatic N) is 3. The topological polar surface area (TPSA) is 41.0 Å². The fraction of sp³-hybridized carbons (Fsp3) is 0.692. The summed E-state index contributed by atoms with van der Waals surface area (Å²) in [7, 11) is 0. The Morgan fingerprint density at radius 3 is 3.18 bits per heavy atom. The van der Waals surface area contributed by atoms with Crippen LogP contribution >= 0.6 is 0 Å². The lowest BCUT2D eigenvalue weighted by Gasteiger charge is -2.26. The van der Waals surface area contributed by atoms with Gasteiger partial charge in [0.1, 0.15) is 6.33 Å². The van der Waals surface area contributed by atoms with E-state index in [2.05, 4.69) is 27.1 Å². The molecular weight excluding hydrogens is 212 g/mol. The normalized spacial score (nSPS) is 32.9. The van der Waals surface area contributed by atoms with Gasteiger partial charge in [-0.25, -0.2) is 9.97 Å². The zero-order valence-corrected chi connectivity index (χ0v) is 10.3. The average molecular weight is 232 g/mol. The maximum Gasteiger partial charge on any atom is 0.115 e. The van der Waals surface area contributed by atoms with Gasteiger partial charge >= 0.3 is 0 Å². The van der Waals surface area contributed by atoms with Gasteiger partial charge in [0.05, 0.1) is 5.69 Å². The second kappa shape index (κ2) is 4.70. The molecule has 0 bridgehead atoms. The van der Waals surface area contributed by atoms with Crippen molar-refractivity contribution >= 4 is 0 Å². The zero-order chi connectivity index (χ0) is 11.7. The first-order valence-electron chi connectivity index (χ1n) is 6.58. The van der Waals surface area contributed by atoms with Crippen LogP contribution in [0.25, 0.3) is 0 Å². The Hall–Kier alpha value is -1.00. The molecule has 1 N–H and O–H groups in total. The van der Waals surface area contributed by atoms with E-state index in [1.54, 1.807) is 6.33 Å². The molecular formula is C13H20N4. The molecule has 0 aromatic carbocycles. The van der Waals surface area contributed by atoms with Gasteiger partial charge in [-0.2, -0.15) is 0 Å². The number of aromatic nitrogens is 2. The summed E-state index contributed by atoms with van der Waals surface area (Å²) in [5.74, 6) is 1.70. The Bertz CT molecular complexity index is 367. The highest BCUT2D eigenvalue weighted by molar-refractivity contribution is 5.03. The minimum Gasteiger partial charge on any atom is -0.316 e. The monoisotopic (exact) mass is 232 g/mol. The summed E-state index contributed by atoms with van der Waals surface area (Å²) >= 11 is 0. The Balaban J connectivity index is 1.71. The molecule has 3 atom stereocenters. The van der Waals surface area contributed by atoms with E-state index in [9.17, 15) is 0 Å². The molecule has 17 heavy (non-hydrogen) atoms. The Morgan fingerprint density at radius 2 is 2.41 bits per heavy atom. The van der Waals surface area contributed by atoms with Crippen molar-refractivity contribution in [1.29, 1.82) is 0 Å². The van der Waals surface area contributed by atoms with E-state index in [-0.39, 0.29) is 0 Å². The fourth-order valence-electron chi connectivity index (χ4n) is 3.47. The lowest BCUT2D eigenvalue weighted by molar-refractivity contribution is 0.208. The van der Waals surface area contributed by atoms with Crippen molar-refractivity contribution in [1.82, 2.24) is 20.2 Å². The minimum atomic E-state index is 0.727. The summed E-state index contributed by atoms with van der Waals surface area (Å²) in [5, 5.41) is 3.52. The predicted molar refractivity (Wildman–Crippen MR) is 66.4 cm³/mol. The van der Waals surface area contributed by atoms with Gasteiger partial charge in [-0.15, -0.1) is 0 Å². The maximum atomic E-state index is 4.34. The molecule has 3 unspecified atom stereocenters. The van der Waals surface area contributed by atoms with E-state index >= 15 is 0 Å². The standard InChI is InChI=1S/C13H20N4/c1-2-13-12-6-15-5-10(12)7-17(13)8-11-3-4-14-9-16-11/h3-4,9-10,12-13,15H,2,5-8H2,1H3. The van der Waals surface area contributed by atoms with Gasteiger partial charge < -0.3 is 5.32 Å². The predicted octanol–water partition coefficient (Wildman–Crippen LogP) is 0.906. The summed E-state index contributed by atoms with van der Waals surface area (Å²) in [4.78, 5) is 10.9. The lowest BCUT2D eigenvalue weighted by Crippen LogP contribution is -2.34. The number of likely N-dealkylation sites (tertiary alicyclic amines) is 1. The van der Waals surface area contributed by atoms with E-state index in [0.29, 0.717) is 0 Å². The van der Waals surface area contributed by atoms with Crippen LogP contribution in [0, 0.1) is 11.8 Å². The van der Waals surface area contributed by atoms with Crippen molar-refractivity contribution < 1.29 is 0 Å². The van der Waals surface area contributed by atoms with Crippen LogP contribution < -0.4 is 5.32 Å².